The zero-order valence-corrected chi connectivity index (χ0v) is 21.5. The monoisotopic (exact) mass is 532 g/mol. The van der Waals surface area contributed by atoms with Crippen molar-refractivity contribution in [2.45, 2.75) is 44.0 Å². The fourth-order valence-corrected chi connectivity index (χ4v) is 4.71. The first kappa shape index (κ1) is 27.6. The first-order valence-corrected chi connectivity index (χ1v) is 12.3. The van der Waals surface area contributed by atoms with Crippen LogP contribution in [0.15, 0.2) is 54.3 Å². The Morgan fingerprint density at radius 3 is 2.50 bits per heavy atom. The van der Waals surface area contributed by atoms with Crippen molar-refractivity contribution in [3.63, 3.8) is 0 Å². The van der Waals surface area contributed by atoms with E-state index in [4.69, 9.17) is 9.84 Å². The molecule has 0 radical (unpaired) electrons. The van der Waals surface area contributed by atoms with Gasteiger partial charge in [-0.1, -0.05) is 6.08 Å². The largest absolute Gasteiger partial charge is 0.478 e. The van der Waals surface area contributed by atoms with Crippen LogP contribution < -0.4 is 4.90 Å². The lowest BCUT2D eigenvalue weighted by atomic mass is 9.89. The number of piperidine rings is 1. The molecule has 1 saturated heterocycles. The van der Waals surface area contributed by atoms with Crippen LogP contribution in [0.2, 0.25) is 0 Å². The summed E-state index contributed by atoms with van der Waals surface area (Å²) in [6, 6.07) is 6.03. The molecule has 0 bridgehead atoms. The minimum Gasteiger partial charge on any atom is -0.478 e. The van der Waals surface area contributed by atoms with E-state index in [1.807, 2.05) is 6.92 Å². The maximum atomic E-state index is 14.6. The molecule has 2 aromatic rings. The fraction of sp³-hybridized carbons (Fsp3) is 0.444. The van der Waals surface area contributed by atoms with Crippen molar-refractivity contribution in [1.29, 1.82) is 0 Å². The van der Waals surface area contributed by atoms with E-state index in [2.05, 4.69) is 10.00 Å². The third-order valence-corrected chi connectivity index (χ3v) is 7.24. The molecule has 2 heterocycles. The first-order valence-electron chi connectivity index (χ1n) is 12.3. The van der Waals surface area contributed by atoms with Crippen molar-refractivity contribution in [2.75, 3.05) is 31.6 Å². The van der Waals surface area contributed by atoms with Gasteiger partial charge in [0.15, 0.2) is 17.8 Å². The number of hydrogen-bond acceptors (Lipinski definition) is 5. The third-order valence-electron chi connectivity index (χ3n) is 7.24. The Hall–Kier alpha value is -3.44. The zero-order chi connectivity index (χ0) is 27.6. The van der Waals surface area contributed by atoms with Gasteiger partial charge in [-0.05, 0) is 50.1 Å². The van der Waals surface area contributed by atoms with Crippen LogP contribution in [-0.2, 0) is 23.1 Å². The van der Waals surface area contributed by atoms with Crippen molar-refractivity contribution in [3.8, 4) is 0 Å². The third kappa shape index (κ3) is 5.99. The Morgan fingerprint density at radius 2 is 1.87 bits per heavy atom. The Kier molecular flexibility index (Phi) is 8.08. The number of ether oxygens (including phenoxy) is 1. The number of hydrogen-bond donors (Lipinski definition) is 1. The van der Waals surface area contributed by atoms with Crippen molar-refractivity contribution in [1.82, 2.24) is 14.7 Å². The second-order valence-corrected chi connectivity index (χ2v) is 10.0. The number of alkyl halides is 1. The Bertz CT molecular complexity index is 1250. The SMILES string of the molecule is CN(C(=O)COC1(C)CCN(Cc2nn(C)cc2C2C=CC(F)=C(F)C2F)CC1)c1ccc(C(=O)O)cc1. The maximum absolute atomic E-state index is 14.6. The molecule has 11 heteroatoms. The molecule has 4 rings (SSSR count). The summed E-state index contributed by atoms with van der Waals surface area (Å²) in [5.41, 5.74) is 1.31. The predicted octanol–water partition coefficient (Wildman–Crippen LogP) is 4.29. The minimum absolute atomic E-state index is 0.125. The van der Waals surface area contributed by atoms with Gasteiger partial charge >= 0.3 is 5.97 Å². The molecule has 1 aromatic heterocycles. The summed E-state index contributed by atoms with van der Waals surface area (Å²) >= 11 is 0. The number of rotatable bonds is 8. The summed E-state index contributed by atoms with van der Waals surface area (Å²) in [6.07, 6.45) is 3.14. The maximum Gasteiger partial charge on any atom is 0.335 e. The number of likely N-dealkylation sites (tertiary alicyclic amines) is 1. The molecule has 8 nitrogen and oxygen atoms in total. The van der Waals surface area contributed by atoms with Crippen LogP contribution in [-0.4, -0.2) is 70.2 Å². The molecule has 0 spiro atoms. The molecule has 2 aliphatic rings. The number of amides is 1. The average molecular weight is 533 g/mol. The van der Waals surface area contributed by atoms with Gasteiger partial charge in [-0.2, -0.15) is 5.10 Å². The van der Waals surface area contributed by atoms with E-state index >= 15 is 0 Å². The number of carbonyl (C=O) groups excluding carboxylic acids is 1. The second kappa shape index (κ2) is 11.1. The number of carboxylic acids is 1. The number of aromatic nitrogens is 2. The van der Waals surface area contributed by atoms with Crippen LogP contribution in [0.3, 0.4) is 0 Å². The molecule has 1 aliphatic carbocycles. The summed E-state index contributed by atoms with van der Waals surface area (Å²) < 4.78 is 49.5. The molecule has 1 aliphatic heterocycles. The van der Waals surface area contributed by atoms with E-state index in [-0.39, 0.29) is 18.1 Å². The normalized spacial score (nSPS) is 21.5. The lowest BCUT2D eigenvalue weighted by molar-refractivity contribution is -0.133. The van der Waals surface area contributed by atoms with Gasteiger partial charge in [0, 0.05) is 57.1 Å². The molecular weight excluding hydrogens is 501 g/mol. The molecule has 1 amide bonds. The average Bonchev–Trinajstić information content (AvgIpc) is 3.26. The van der Waals surface area contributed by atoms with E-state index in [0.29, 0.717) is 49.4 Å². The number of benzene rings is 1. The molecule has 1 N–H and O–H groups in total. The zero-order valence-electron chi connectivity index (χ0n) is 21.5. The van der Waals surface area contributed by atoms with Gasteiger partial charge in [0.25, 0.3) is 5.91 Å². The van der Waals surface area contributed by atoms with Crippen molar-refractivity contribution in [3.05, 3.63) is 71.1 Å². The number of aryl methyl sites for hydroxylation is 1. The summed E-state index contributed by atoms with van der Waals surface area (Å²) in [5, 5.41) is 13.5. The standard InChI is InChI=1S/C27H31F3N4O4/c1-27(38-16-23(35)33(3)18-6-4-17(5-7-18)26(36)37)10-12-34(13-11-27)15-22-20(14-32(2)31-22)19-8-9-21(28)25(30)24(19)29/h4-9,14,19,24H,10-13,15-16H2,1-3H3,(H,36,37). The molecule has 2 unspecified atom stereocenters. The van der Waals surface area contributed by atoms with Crippen molar-refractivity contribution >= 4 is 17.6 Å². The summed E-state index contributed by atoms with van der Waals surface area (Å²) in [4.78, 5) is 27.3. The van der Waals surface area contributed by atoms with Crippen LogP contribution in [0, 0.1) is 0 Å². The van der Waals surface area contributed by atoms with Gasteiger partial charge in [0.2, 0.25) is 0 Å². The predicted molar refractivity (Wildman–Crippen MR) is 135 cm³/mol. The number of likely N-dealkylation sites (N-methyl/N-ethyl adjacent to an activating group) is 1. The number of allylic oxidation sites excluding steroid dienone is 4. The van der Waals surface area contributed by atoms with Crippen LogP contribution >= 0.6 is 0 Å². The Labute approximate surface area is 219 Å². The number of aromatic carboxylic acids is 1. The number of carboxylic acid groups (broad SMARTS) is 1. The molecule has 2 atom stereocenters. The minimum atomic E-state index is -2.09. The van der Waals surface area contributed by atoms with E-state index in [0.717, 1.165) is 6.08 Å². The number of nitrogens with zero attached hydrogens (tertiary/aromatic N) is 4. The highest BCUT2D eigenvalue weighted by Crippen LogP contribution is 2.37. The lowest BCUT2D eigenvalue weighted by Crippen LogP contribution is -2.45. The number of carbonyl (C=O) groups is 2. The van der Waals surface area contributed by atoms with Gasteiger partial charge in [-0.3, -0.25) is 14.4 Å². The highest BCUT2D eigenvalue weighted by atomic mass is 19.2. The fourth-order valence-electron chi connectivity index (χ4n) is 4.71. The van der Waals surface area contributed by atoms with Crippen LogP contribution in [0.1, 0.15) is 47.3 Å². The highest BCUT2D eigenvalue weighted by Gasteiger charge is 2.35. The van der Waals surface area contributed by atoms with Gasteiger partial charge < -0.3 is 14.7 Å². The van der Waals surface area contributed by atoms with Crippen molar-refractivity contribution < 1.29 is 32.6 Å². The van der Waals surface area contributed by atoms with Gasteiger partial charge in [0.05, 0.1) is 16.9 Å². The first-order chi connectivity index (χ1) is 18.0. The molecule has 38 heavy (non-hydrogen) atoms. The lowest BCUT2D eigenvalue weighted by Gasteiger charge is -2.39. The number of halogens is 3. The molecule has 1 aromatic carbocycles. The van der Waals surface area contributed by atoms with E-state index < -0.39 is 35.3 Å². The molecule has 1 fully saturated rings. The Morgan fingerprint density at radius 1 is 1.21 bits per heavy atom. The van der Waals surface area contributed by atoms with Gasteiger partial charge in [0.1, 0.15) is 6.61 Å². The summed E-state index contributed by atoms with van der Waals surface area (Å²) in [7, 11) is 3.31. The highest BCUT2D eigenvalue weighted by molar-refractivity contribution is 5.94. The van der Waals surface area contributed by atoms with Crippen LogP contribution in [0.25, 0.3) is 0 Å². The van der Waals surface area contributed by atoms with E-state index in [1.54, 1.807) is 37.1 Å². The Balaban J connectivity index is 1.31. The quantitative estimate of drug-likeness (QED) is 0.546. The molecule has 0 saturated carbocycles. The second-order valence-electron chi connectivity index (χ2n) is 10.0. The summed E-state index contributed by atoms with van der Waals surface area (Å²) in [5.74, 6) is -4.81. The van der Waals surface area contributed by atoms with E-state index in [1.165, 1.54) is 23.1 Å². The van der Waals surface area contributed by atoms with Crippen LogP contribution in [0.4, 0.5) is 18.9 Å². The number of anilines is 1. The molecular formula is C27H31F3N4O4. The summed E-state index contributed by atoms with van der Waals surface area (Å²) in [6.45, 7) is 3.55. The van der Waals surface area contributed by atoms with E-state index in [9.17, 15) is 22.8 Å². The van der Waals surface area contributed by atoms with Crippen molar-refractivity contribution in [2.24, 2.45) is 7.05 Å². The van der Waals surface area contributed by atoms with Gasteiger partial charge in [-0.15, -0.1) is 0 Å². The molecule has 204 valence electrons. The topological polar surface area (TPSA) is 87.9 Å². The smallest absolute Gasteiger partial charge is 0.335 e. The van der Waals surface area contributed by atoms with Crippen LogP contribution in [0.5, 0.6) is 0 Å². The van der Waals surface area contributed by atoms with Gasteiger partial charge in [-0.25, -0.2) is 18.0 Å².